The molecule has 0 aliphatic heterocycles. The number of benzene rings is 2. The van der Waals surface area contributed by atoms with Crippen LogP contribution in [-0.2, 0) is 6.54 Å². The van der Waals surface area contributed by atoms with Crippen LogP contribution in [0.25, 0.3) is 0 Å². The average molecular weight is 352 g/mol. The molecule has 0 unspecified atom stereocenters. The standard InChI is InChI=1S/C17H19BrFNO/c1-12(2)10-20-11-13-9-14(18)3-8-17(13)21-16-6-4-15(19)5-7-16/h3-9,12,20H,10-11H2,1-2H3. The molecule has 0 bridgehead atoms. The first-order valence-corrected chi connectivity index (χ1v) is 7.76. The van der Waals surface area contributed by atoms with Crippen molar-refractivity contribution >= 4 is 15.9 Å². The van der Waals surface area contributed by atoms with Crippen molar-refractivity contribution in [2.75, 3.05) is 6.54 Å². The van der Waals surface area contributed by atoms with Gasteiger partial charge in [-0.15, -0.1) is 0 Å². The Morgan fingerprint density at radius 3 is 2.52 bits per heavy atom. The highest BCUT2D eigenvalue weighted by atomic mass is 79.9. The van der Waals surface area contributed by atoms with Gasteiger partial charge in [-0.2, -0.15) is 0 Å². The summed E-state index contributed by atoms with van der Waals surface area (Å²) in [6.07, 6.45) is 0. The lowest BCUT2D eigenvalue weighted by atomic mass is 10.1. The van der Waals surface area contributed by atoms with Crippen LogP contribution in [0.2, 0.25) is 0 Å². The van der Waals surface area contributed by atoms with Crippen molar-refractivity contribution in [2.45, 2.75) is 20.4 Å². The molecule has 0 atom stereocenters. The van der Waals surface area contributed by atoms with Crippen LogP contribution in [0.5, 0.6) is 11.5 Å². The summed E-state index contributed by atoms with van der Waals surface area (Å²) in [5.74, 6) is 1.74. The van der Waals surface area contributed by atoms with Crippen molar-refractivity contribution in [1.29, 1.82) is 0 Å². The fraction of sp³-hybridized carbons (Fsp3) is 0.294. The minimum Gasteiger partial charge on any atom is -0.457 e. The van der Waals surface area contributed by atoms with Crippen molar-refractivity contribution in [2.24, 2.45) is 5.92 Å². The Hall–Kier alpha value is -1.39. The molecule has 112 valence electrons. The molecule has 4 heteroatoms. The van der Waals surface area contributed by atoms with Gasteiger partial charge in [0.15, 0.2) is 0 Å². The predicted molar refractivity (Wildman–Crippen MR) is 87.2 cm³/mol. The number of halogens is 2. The van der Waals surface area contributed by atoms with Crippen molar-refractivity contribution in [3.8, 4) is 11.5 Å². The van der Waals surface area contributed by atoms with Gasteiger partial charge in [-0.25, -0.2) is 4.39 Å². The van der Waals surface area contributed by atoms with E-state index in [-0.39, 0.29) is 5.82 Å². The lowest BCUT2D eigenvalue weighted by molar-refractivity contribution is 0.467. The maximum atomic E-state index is 12.9. The minimum atomic E-state index is -0.267. The molecule has 0 aliphatic rings. The minimum absolute atomic E-state index is 0.267. The Morgan fingerprint density at radius 1 is 1.14 bits per heavy atom. The first kappa shape index (κ1) is 16.0. The van der Waals surface area contributed by atoms with Crippen LogP contribution in [0.15, 0.2) is 46.9 Å². The monoisotopic (exact) mass is 351 g/mol. The summed E-state index contributed by atoms with van der Waals surface area (Å²) in [6, 6.07) is 11.9. The first-order valence-electron chi connectivity index (χ1n) is 6.97. The number of rotatable bonds is 6. The summed E-state index contributed by atoms with van der Waals surface area (Å²) in [5, 5.41) is 3.40. The van der Waals surface area contributed by atoms with Crippen LogP contribution < -0.4 is 10.1 Å². The zero-order valence-electron chi connectivity index (χ0n) is 12.2. The zero-order valence-corrected chi connectivity index (χ0v) is 13.8. The van der Waals surface area contributed by atoms with E-state index in [2.05, 4.69) is 35.1 Å². The van der Waals surface area contributed by atoms with Gasteiger partial charge in [0.2, 0.25) is 0 Å². The van der Waals surface area contributed by atoms with E-state index < -0.39 is 0 Å². The second-order valence-electron chi connectivity index (χ2n) is 5.33. The van der Waals surface area contributed by atoms with Crippen LogP contribution in [0.1, 0.15) is 19.4 Å². The van der Waals surface area contributed by atoms with Gasteiger partial charge in [0.05, 0.1) is 0 Å². The topological polar surface area (TPSA) is 21.3 Å². The van der Waals surface area contributed by atoms with Gasteiger partial charge in [0.1, 0.15) is 17.3 Å². The third-order valence-corrected chi connectivity index (χ3v) is 3.43. The molecular formula is C17H19BrFNO. The predicted octanol–water partition coefficient (Wildman–Crippen LogP) is 5.13. The molecule has 2 nitrogen and oxygen atoms in total. The highest BCUT2D eigenvalue weighted by Gasteiger charge is 2.07. The number of hydrogen-bond donors (Lipinski definition) is 1. The van der Waals surface area contributed by atoms with E-state index in [9.17, 15) is 4.39 Å². The molecule has 21 heavy (non-hydrogen) atoms. The van der Waals surface area contributed by atoms with Crippen LogP contribution >= 0.6 is 15.9 Å². The smallest absolute Gasteiger partial charge is 0.131 e. The van der Waals surface area contributed by atoms with Crippen LogP contribution in [0.4, 0.5) is 4.39 Å². The van der Waals surface area contributed by atoms with Crippen molar-refractivity contribution in [3.63, 3.8) is 0 Å². The second kappa shape index (κ2) is 7.57. The highest BCUT2D eigenvalue weighted by Crippen LogP contribution is 2.28. The van der Waals surface area contributed by atoms with Crippen LogP contribution in [0, 0.1) is 11.7 Å². The van der Waals surface area contributed by atoms with Gasteiger partial charge in [-0.05, 0) is 54.9 Å². The Morgan fingerprint density at radius 2 is 1.86 bits per heavy atom. The summed E-state index contributed by atoms with van der Waals surface area (Å²) in [7, 11) is 0. The number of nitrogens with one attached hydrogen (secondary N) is 1. The maximum Gasteiger partial charge on any atom is 0.131 e. The molecule has 0 aromatic heterocycles. The number of hydrogen-bond acceptors (Lipinski definition) is 2. The van der Waals surface area contributed by atoms with Gasteiger partial charge in [-0.1, -0.05) is 29.8 Å². The summed E-state index contributed by atoms with van der Waals surface area (Å²) < 4.78 is 19.8. The maximum absolute atomic E-state index is 12.9. The molecule has 0 saturated heterocycles. The normalized spacial score (nSPS) is 10.9. The molecule has 0 radical (unpaired) electrons. The lowest BCUT2D eigenvalue weighted by Crippen LogP contribution is -2.19. The van der Waals surface area contributed by atoms with Gasteiger partial charge < -0.3 is 10.1 Å². The van der Waals surface area contributed by atoms with Crippen molar-refractivity contribution in [3.05, 3.63) is 58.3 Å². The second-order valence-corrected chi connectivity index (χ2v) is 6.25. The molecule has 0 spiro atoms. The molecule has 2 rings (SSSR count). The van der Waals surface area contributed by atoms with Crippen molar-refractivity contribution in [1.82, 2.24) is 5.32 Å². The van der Waals surface area contributed by atoms with Gasteiger partial charge in [0, 0.05) is 16.6 Å². The van der Waals surface area contributed by atoms with E-state index >= 15 is 0 Å². The molecule has 1 N–H and O–H groups in total. The third kappa shape index (κ3) is 5.14. The molecule has 2 aromatic rings. The average Bonchev–Trinajstić information content (AvgIpc) is 2.43. The van der Waals surface area contributed by atoms with E-state index in [0.29, 0.717) is 11.7 Å². The largest absolute Gasteiger partial charge is 0.457 e. The molecule has 0 saturated carbocycles. The molecule has 2 aromatic carbocycles. The summed E-state index contributed by atoms with van der Waals surface area (Å²) in [4.78, 5) is 0. The Balaban J connectivity index is 2.12. The lowest BCUT2D eigenvalue weighted by Gasteiger charge is -2.13. The number of ether oxygens (including phenoxy) is 1. The van der Waals surface area contributed by atoms with Crippen LogP contribution in [-0.4, -0.2) is 6.54 Å². The molecule has 0 aliphatic carbocycles. The van der Waals surface area contributed by atoms with Gasteiger partial charge >= 0.3 is 0 Å². The van der Waals surface area contributed by atoms with E-state index in [4.69, 9.17) is 4.74 Å². The third-order valence-electron chi connectivity index (χ3n) is 2.93. The van der Waals surface area contributed by atoms with Gasteiger partial charge in [-0.3, -0.25) is 0 Å². The summed E-state index contributed by atoms with van der Waals surface area (Å²) in [6.45, 7) is 6.02. The fourth-order valence-corrected chi connectivity index (χ4v) is 2.32. The van der Waals surface area contributed by atoms with E-state index in [1.165, 1.54) is 12.1 Å². The quantitative estimate of drug-likeness (QED) is 0.779. The van der Waals surface area contributed by atoms with Crippen LogP contribution in [0.3, 0.4) is 0 Å². The van der Waals surface area contributed by atoms with E-state index in [1.807, 2.05) is 18.2 Å². The fourth-order valence-electron chi connectivity index (χ4n) is 1.91. The Bertz CT molecular complexity index is 584. The van der Waals surface area contributed by atoms with Gasteiger partial charge in [0.25, 0.3) is 0 Å². The molecule has 0 heterocycles. The zero-order chi connectivity index (χ0) is 15.2. The molecular weight excluding hydrogens is 333 g/mol. The van der Waals surface area contributed by atoms with E-state index in [1.54, 1.807) is 12.1 Å². The summed E-state index contributed by atoms with van der Waals surface area (Å²) >= 11 is 3.48. The molecule has 0 amide bonds. The molecule has 0 fully saturated rings. The Kier molecular flexibility index (Phi) is 5.76. The first-order chi connectivity index (χ1) is 10.0. The Labute approximate surface area is 133 Å². The van der Waals surface area contributed by atoms with Crippen molar-refractivity contribution < 1.29 is 9.13 Å². The van der Waals surface area contributed by atoms with E-state index in [0.717, 1.165) is 28.9 Å². The highest BCUT2D eigenvalue weighted by molar-refractivity contribution is 9.10. The SMILES string of the molecule is CC(C)CNCc1cc(Br)ccc1Oc1ccc(F)cc1. The summed E-state index contributed by atoms with van der Waals surface area (Å²) in [5.41, 5.74) is 1.06.